The van der Waals surface area contributed by atoms with E-state index in [1.807, 2.05) is 0 Å². The monoisotopic (exact) mass is 255 g/mol. The summed E-state index contributed by atoms with van der Waals surface area (Å²) in [5.41, 5.74) is 6.63. The maximum Gasteiger partial charge on any atom is 0.416 e. The fourth-order valence-corrected chi connectivity index (χ4v) is 1.71. The van der Waals surface area contributed by atoms with Crippen molar-refractivity contribution in [2.75, 3.05) is 5.73 Å². The van der Waals surface area contributed by atoms with E-state index < -0.39 is 11.7 Å². The lowest BCUT2D eigenvalue weighted by Gasteiger charge is -2.11. The molecule has 2 rings (SSSR count). The van der Waals surface area contributed by atoms with Crippen molar-refractivity contribution in [2.45, 2.75) is 12.6 Å². The molecule has 0 spiro atoms. The first-order valence-corrected chi connectivity index (χ1v) is 5.30. The standard InChI is InChI=1S/C12H12F3N3/c1-18-10(4-5-17-18)7-8-6-9(12(13,14)15)2-3-11(8)16/h2-6H,7,16H2,1H3. The fraction of sp³-hybridized carbons (Fsp3) is 0.250. The summed E-state index contributed by atoms with van der Waals surface area (Å²) in [6.07, 6.45) is -2.43. The molecule has 1 aromatic heterocycles. The van der Waals surface area contributed by atoms with Crippen LogP contribution in [0.15, 0.2) is 30.5 Å². The number of anilines is 1. The van der Waals surface area contributed by atoms with Crippen molar-refractivity contribution < 1.29 is 13.2 Å². The van der Waals surface area contributed by atoms with Gasteiger partial charge in [0.05, 0.1) is 5.56 Å². The summed E-state index contributed by atoms with van der Waals surface area (Å²) in [6, 6.07) is 5.11. The highest BCUT2D eigenvalue weighted by Crippen LogP contribution is 2.31. The van der Waals surface area contributed by atoms with Gasteiger partial charge >= 0.3 is 6.18 Å². The number of aromatic nitrogens is 2. The number of hydrogen-bond donors (Lipinski definition) is 1. The second kappa shape index (κ2) is 4.36. The first-order valence-electron chi connectivity index (χ1n) is 5.30. The zero-order chi connectivity index (χ0) is 13.3. The maximum atomic E-state index is 12.6. The highest BCUT2D eigenvalue weighted by molar-refractivity contribution is 5.50. The summed E-state index contributed by atoms with van der Waals surface area (Å²) < 4.78 is 39.4. The smallest absolute Gasteiger partial charge is 0.398 e. The molecule has 3 nitrogen and oxygen atoms in total. The van der Waals surface area contributed by atoms with Crippen molar-refractivity contribution in [3.05, 3.63) is 47.3 Å². The molecule has 0 saturated heterocycles. The quantitative estimate of drug-likeness (QED) is 0.838. The predicted molar refractivity (Wildman–Crippen MR) is 61.9 cm³/mol. The van der Waals surface area contributed by atoms with E-state index in [2.05, 4.69) is 5.10 Å². The lowest BCUT2D eigenvalue weighted by Crippen LogP contribution is -2.08. The Balaban J connectivity index is 2.36. The Morgan fingerprint density at radius 3 is 2.56 bits per heavy atom. The van der Waals surface area contributed by atoms with Crippen molar-refractivity contribution in [3.63, 3.8) is 0 Å². The third-order valence-corrected chi connectivity index (χ3v) is 2.76. The second-order valence-electron chi connectivity index (χ2n) is 4.03. The van der Waals surface area contributed by atoms with E-state index in [0.717, 1.165) is 17.8 Å². The van der Waals surface area contributed by atoms with Crippen LogP contribution < -0.4 is 5.73 Å². The number of aryl methyl sites for hydroxylation is 1. The van der Waals surface area contributed by atoms with E-state index in [1.54, 1.807) is 24.0 Å². The van der Waals surface area contributed by atoms with Gasteiger partial charge in [0.2, 0.25) is 0 Å². The topological polar surface area (TPSA) is 43.8 Å². The van der Waals surface area contributed by atoms with Crippen molar-refractivity contribution in [3.8, 4) is 0 Å². The number of hydrogen-bond acceptors (Lipinski definition) is 2. The van der Waals surface area contributed by atoms with Crippen LogP contribution in [0, 0.1) is 0 Å². The number of alkyl halides is 3. The Hall–Kier alpha value is -1.98. The SMILES string of the molecule is Cn1nccc1Cc1cc(C(F)(F)F)ccc1N. The van der Waals surface area contributed by atoms with Gasteiger partial charge in [0, 0.05) is 31.0 Å². The van der Waals surface area contributed by atoms with Gasteiger partial charge in [-0.05, 0) is 29.8 Å². The highest BCUT2D eigenvalue weighted by Gasteiger charge is 2.30. The summed E-state index contributed by atoms with van der Waals surface area (Å²) in [4.78, 5) is 0. The van der Waals surface area contributed by atoms with E-state index in [9.17, 15) is 13.2 Å². The normalized spacial score (nSPS) is 11.8. The Morgan fingerprint density at radius 2 is 2.00 bits per heavy atom. The van der Waals surface area contributed by atoms with Crippen molar-refractivity contribution >= 4 is 5.69 Å². The molecule has 0 aliphatic rings. The van der Waals surface area contributed by atoms with Crippen LogP contribution in [0.1, 0.15) is 16.8 Å². The van der Waals surface area contributed by atoms with Crippen LogP contribution in [0.4, 0.5) is 18.9 Å². The van der Waals surface area contributed by atoms with Gasteiger partial charge in [-0.1, -0.05) is 0 Å². The van der Waals surface area contributed by atoms with Crippen LogP contribution in [0.2, 0.25) is 0 Å². The summed E-state index contributed by atoms with van der Waals surface area (Å²) >= 11 is 0. The summed E-state index contributed by atoms with van der Waals surface area (Å²) in [5, 5.41) is 3.97. The molecule has 96 valence electrons. The van der Waals surface area contributed by atoms with Gasteiger partial charge in [-0.25, -0.2) is 0 Å². The molecule has 18 heavy (non-hydrogen) atoms. The molecule has 1 aromatic carbocycles. The minimum absolute atomic E-state index is 0.326. The highest BCUT2D eigenvalue weighted by atomic mass is 19.4. The van der Waals surface area contributed by atoms with E-state index in [1.165, 1.54) is 6.07 Å². The van der Waals surface area contributed by atoms with Crippen LogP contribution in [0.25, 0.3) is 0 Å². The maximum absolute atomic E-state index is 12.6. The second-order valence-corrected chi connectivity index (χ2v) is 4.03. The molecule has 0 bridgehead atoms. The van der Waals surface area contributed by atoms with Crippen molar-refractivity contribution in [1.82, 2.24) is 9.78 Å². The molecule has 0 unspecified atom stereocenters. The van der Waals surface area contributed by atoms with Crippen LogP contribution >= 0.6 is 0 Å². The minimum atomic E-state index is -4.35. The van der Waals surface area contributed by atoms with Gasteiger partial charge in [0.15, 0.2) is 0 Å². The minimum Gasteiger partial charge on any atom is -0.398 e. The average Bonchev–Trinajstić information content (AvgIpc) is 2.66. The molecule has 0 fully saturated rings. The Bertz CT molecular complexity index is 558. The lowest BCUT2D eigenvalue weighted by atomic mass is 10.0. The van der Waals surface area contributed by atoms with Gasteiger partial charge in [-0.3, -0.25) is 4.68 Å². The Morgan fingerprint density at radius 1 is 1.28 bits per heavy atom. The lowest BCUT2D eigenvalue weighted by molar-refractivity contribution is -0.137. The van der Waals surface area contributed by atoms with Crippen molar-refractivity contribution in [1.29, 1.82) is 0 Å². The molecular formula is C12H12F3N3. The molecule has 0 aliphatic carbocycles. The van der Waals surface area contributed by atoms with Gasteiger partial charge in [-0.15, -0.1) is 0 Å². The molecule has 6 heteroatoms. The number of benzene rings is 1. The predicted octanol–water partition coefficient (Wildman–Crippen LogP) is 2.61. The van der Waals surface area contributed by atoms with Gasteiger partial charge < -0.3 is 5.73 Å². The Kier molecular flexibility index (Phi) is 3.02. The molecule has 0 atom stereocenters. The summed E-state index contributed by atoms with van der Waals surface area (Å²) in [6.45, 7) is 0. The molecule has 0 aliphatic heterocycles. The fourth-order valence-electron chi connectivity index (χ4n) is 1.71. The van der Waals surface area contributed by atoms with E-state index in [0.29, 0.717) is 17.7 Å². The Labute approximate surface area is 102 Å². The molecule has 0 amide bonds. The number of nitrogens with two attached hydrogens (primary N) is 1. The summed E-state index contributed by atoms with van der Waals surface area (Å²) in [7, 11) is 1.74. The number of rotatable bonds is 2. The van der Waals surface area contributed by atoms with Crippen molar-refractivity contribution in [2.24, 2.45) is 7.05 Å². The average molecular weight is 255 g/mol. The van der Waals surface area contributed by atoms with Crippen LogP contribution in [0.5, 0.6) is 0 Å². The van der Waals surface area contributed by atoms with Crippen LogP contribution in [0.3, 0.4) is 0 Å². The van der Waals surface area contributed by atoms with Gasteiger partial charge in [0.1, 0.15) is 0 Å². The van der Waals surface area contributed by atoms with Gasteiger partial charge in [-0.2, -0.15) is 18.3 Å². The first-order chi connectivity index (χ1) is 8.38. The molecule has 2 aromatic rings. The largest absolute Gasteiger partial charge is 0.416 e. The van der Waals surface area contributed by atoms with Crippen LogP contribution in [-0.4, -0.2) is 9.78 Å². The molecule has 0 radical (unpaired) electrons. The van der Waals surface area contributed by atoms with Crippen LogP contribution in [-0.2, 0) is 19.6 Å². The number of nitrogens with zero attached hydrogens (tertiary/aromatic N) is 2. The molecular weight excluding hydrogens is 243 g/mol. The first kappa shape index (κ1) is 12.5. The number of nitrogen functional groups attached to an aromatic ring is 1. The zero-order valence-electron chi connectivity index (χ0n) is 9.70. The molecule has 0 saturated carbocycles. The third kappa shape index (κ3) is 2.47. The summed E-state index contributed by atoms with van der Waals surface area (Å²) in [5.74, 6) is 0. The molecule has 2 N–H and O–H groups in total. The van der Waals surface area contributed by atoms with Gasteiger partial charge in [0.25, 0.3) is 0 Å². The van der Waals surface area contributed by atoms with E-state index in [4.69, 9.17) is 5.73 Å². The molecule has 1 heterocycles. The van der Waals surface area contributed by atoms with E-state index in [-0.39, 0.29) is 0 Å². The zero-order valence-corrected chi connectivity index (χ0v) is 9.70. The third-order valence-electron chi connectivity index (χ3n) is 2.76. The van der Waals surface area contributed by atoms with E-state index >= 15 is 0 Å². The number of halogens is 3.